The van der Waals surface area contributed by atoms with Crippen molar-refractivity contribution in [2.75, 3.05) is 0 Å². The molecule has 0 saturated heterocycles. The summed E-state index contributed by atoms with van der Waals surface area (Å²) >= 11 is 1.28. The Morgan fingerprint density at radius 2 is 2.46 bits per heavy atom. The number of carbonyl (C=O) groups excluding carboxylic acids is 1. The van der Waals surface area contributed by atoms with Gasteiger partial charge in [0.2, 0.25) is 0 Å². The highest BCUT2D eigenvalue weighted by atomic mass is 32.1. The highest BCUT2D eigenvalue weighted by Gasteiger charge is 2.01. The van der Waals surface area contributed by atoms with Crippen molar-refractivity contribution in [2.45, 2.75) is 6.54 Å². The van der Waals surface area contributed by atoms with Gasteiger partial charge in [0.1, 0.15) is 5.69 Å². The summed E-state index contributed by atoms with van der Waals surface area (Å²) in [6.45, 7) is 0.497. The van der Waals surface area contributed by atoms with E-state index in [0.29, 0.717) is 18.5 Å². The van der Waals surface area contributed by atoms with Gasteiger partial charge >= 0.3 is 0 Å². The molecule has 66 valence electrons. The van der Waals surface area contributed by atoms with Crippen LogP contribution in [0.3, 0.4) is 0 Å². The van der Waals surface area contributed by atoms with Crippen LogP contribution < -0.4 is 0 Å². The second-order valence-electron chi connectivity index (χ2n) is 2.36. The zero-order valence-corrected chi connectivity index (χ0v) is 7.31. The Hall–Kier alpha value is -1.63. The summed E-state index contributed by atoms with van der Waals surface area (Å²) in [6.07, 6.45) is 2.22. The summed E-state index contributed by atoms with van der Waals surface area (Å²) in [7, 11) is 0. The van der Waals surface area contributed by atoms with Crippen LogP contribution in [0.2, 0.25) is 0 Å². The molecule has 0 aromatic carbocycles. The van der Waals surface area contributed by atoms with Crippen molar-refractivity contribution in [2.24, 2.45) is 0 Å². The number of nitrogens with zero attached hydrogens (tertiary/aromatic N) is 5. The van der Waals surface area contributed by atoms with Gasteiger partial charge in [-0.2, -0.15) is 0 Å². The van der Waals surface area contributed by atoms with Gasteiger partial charge < -0.3 is 0 Å². The van der Waals surface area contributed by atoms with Gasteiger partial charge in [0.25, 0.3) is 0 Å². The lowest BCUT2D eigenvalue weighted by Crippen LogP contribution is -2.00. The van der Waals surface area contributed by atoms with Crippen LogP contribution in [-0.2, 0) is 6.54 Å². The Morgan fingerprint density at radius 3 is 3.08 bits per heavy atom. The molecule has 0 bridgehead atoms. The van der Waals surface area contributed by atoms with Crippen LogP contribution in [0.4, 0.5) is 0 Å². The molecule has 0 saturated carbocycles. The molecule has 0 fully saturated rings. The maximum Gasteiger partial charge on any atom is 0.171 e. The minimum absolute atomic E-state index is 0.322. The molecule has 0 unspecified atom stereocenters. The van der Waals surface area contributed by atoms with E-state index < -0.39 is 0 Å². The third-order valence-electron chi connectivity index (χ3n) is 1.41. The van der Waals surface area contributed by atoms with Gasteiger partial charge in [-0.25, -0.2) is 4.68 Å². The maximum absolute atomic E-state index is 10.3. The van der Waals surface area contributed by atoms with E-state index in [9.17, 15) is 4.79 Å². The topological polar surface area (TPSA) is 73.6 Å². The van der Waals surface area contributed by atoms with E-state index in [4.69, 9.17) is 0 Å². The zero-order chi connectivity index (χ0) is 9.10. The molecule has 2 aromatic rings. The highest BCUT2D eigenvalue weighted by Crippen LogP contribution is 1.99. The normalized spacial score (nSPS) is 10.2. The molecule has 0 atom stereocenters. The molecule has 0 aliphatic carbocycles. The summed E-state index contributed by atoms with van der Waals surface area (Å²) in [5.41, 5.74) is 1.13. The first-order chi connectivity index (χ1) is 6.38. The van der Waals surface area contributed by atoms with Crippen LogP contribution in [0.15, 0.2) is 11.6 Å². The smallest absolute Gasteiger partial charge is 0.171 e. The standard InChI is InChI=1S/C6H5N5OS/c12-3-5-1-11(9-7-5)2-6-4-13-10-8-6/h1,3-4H,2H2. The Morgan fingerprint density at radius 1 is 1.54 bits per heavy atom. The van der Waals surface area contributed by atoms with E-state index in [-0.39, 0.29) is 0 Å². The van der Waals surface area contributed by atoms with Gasteiger partial charge in [-0.05, 0) is 11.5 Å². The van der Waals surface area contributed by atoms with Crippen molar-refractivity contribution in [3.63, 3.8) is 0 Å². The van der Waals surface area contributed by atoms with Crippen LogP contribution >= 0.6 is 11.5 Å². The van der Waals surface area contributed by atoms with Crippen molar-refractivity contribution in [1.29, 1.82) is 0 Å². The Labute approximate surface area is 77.4 Å². The molecular formula is C6H5N5OS. The lowest BCUT2D eigenvalue weighted by molar-refractivity contribution is 0.111. The van der Waals surface area contributed by atoms with Crippen molar-refractivity contribution in [1.82, 2.24) is 24.6 Å². The third kappa shape index (κ3) is 1.75. The molecule has 7 heteroatoms. The molecule has 0 spiro atoms. The Bertz CT molecular complexity index is 395. The number of hydrogen-bond donors (Lipinski definition) is 0. The first-order valence-corrected chi connectivity index (χ1v) is 4.33. The summed E-state index contributed by atoms with van der Waals surface area (Å²) in [4.78, 5) is 10.3. The average molecular weight is 195 g/mol. The molecule has 0 aliphatic heterocycles. The van der Waals surface area contributed by atoms with Crippen LogP contribution in [-0.4, -0.2) is 30.9 Å². The largest absolute Gasteiger partial charge is 0.296 e. The first-order valence-electron chi connectivity index (χ1n) is 3.50. The number of hydrogen-bond acceptors (Lipinski definition) is 6. The molecule has 0 radical (unpaired) electrons. The highest BCUT2D eigenvalue weighted by molar-refractivity contribution is 7.03. The van der Waals surface area contributed by atoms with Crippen molar-refractivity contribution in [3.8, 4) is 0 Å². The van der Waals surface area contributed by atoms with Crippen LogP contribution in [0.25, 0.3) is 0 Å². The van der Waals surface area contributed by atoms with Crippen LogP contribution in [0, 0.1) is 0 Å². The van der Waals surface area contributed by atoms with E-state index in [2.05, 4.69) is 19.9 Å². The van der Waals surface area contributed by atoms with Gasteiger partial charge in [0, 0.05) is 5.38 Å². The predicted molar refractivity (Wildman–Crippen MR) is 44.4 cm³/mol. The minimum Gasteiger partial charge on any atom is -0.296 e. The van der Waals surface area contributed by atoms with Gasteiger partial charge in [0.15, 0.2) is 6.29 Å². The van der Waals surface area contributed by atoms with Gasteiger partial charge in [-0.15, -0.1) is 10.2 Å². The minimum atomic E-state index is 0.322. The van der Waals surface area contributed by atoms with E-state index in [1.54, 1.807) is 10.9 Å². The maximum atomic E-state index is 10.3. The Balaban J connectivity index is 2.14. The second kappa shape index (κ2) is 3.40. The lowest BCUT2D eigenvalue weighted by Gasteiger charge is -1.92. The van der Waals surface area contributed by atoms with Crippen LogP contribution in [0.1, 0.15) is 16.2 Å². The first kappa shape index (κ1) is 7.99. The number of rotatable bonds is 3. The van der Waals surface area contributed by atoms with E-state index in [0.717, 1.165) is 5.69 Å². The molecular weight excluding hydrogens is 190 g/mol. The number of aldehydes is 1. The number of aromatic nitrogens is 5. The molecule has 13 heavy (non-hydrogen) atoms. The van der Waals surface area contributed by atoms with Crippen molar-refractivity contribution >= 4 is 17.8 Å². The fourth-order valence-electron chi connectivity index (χ4n) is 0.864. The molecule has 2 rings (SSSR count). The molecule has 2 aromatic heterocycles. The predicted octanol–water partition coefficient (Wildman–Crippen LogP) is -0.00960. The summed E-state index contributed by atoms with van der Waals surface area (Å²) in [5, 5.41) is 13.0. The second-order valence-corrected chi connectivity index (χ2v) is 2.96. The van der Waals surface area contributed by atoms with Gasteiger partial charge in [-0.1, -0.05) is 9.70 Å². The zero-order valence-electron chi connectivity index (χ0n) is 6.49. The fourth-order valence-corrected chi connectivity index (χ4v) is 1.31. The summed E-state index contributed by atoms with van der Waals surface area (Å²) in [5.74, 6) is 0. The molecule has 6 nitrogen and oxygen atoms in total. The number of carbonyl (C=O) groups is 1. The fraction of sp³-hybridized carbons (Fsp3) is 0.167. The third-order valence-corrected chi connectivity index (χ3v) is 1.96. The Kier molecular flexibility index (Phi) is 2.09. The van der Waals surface area contributed by atoms with Crippen molar-refractivity contribution in [3.05, 3.63) is 23.0 Å². The van der Waals surface area contributed by atoms with E-state index in [1.807, 2.05) is 5.38 Å². The summed E-state index contributed by atoms with van der Waals surface area (Å²) < 4.78 is 5.25. The molecule has 2 heterocycles. The monoisotopic (exact) mass is 195 g/mol. The quantitative estimate of drug-likeness (QED) is 0.644. The summed E-state index contributed by atoms with van der Waals surface area (Å²) in [6, 6.07) is 0. The van der Waals surface area contributed by atoms with Gasteiger partial charge in [0.05, 0.1) is 18.4 Å². The SMILES string of the molecule is O=Cc1cn(Cc2csnn2)nn1. The van der Waals surface area contributed by atoms with Crippen molar-refractivity contribution < 1.29 is 4.79 Å². The van der Waals surface area contributed by atoms with Crippen LogP contribution in [0.5, 0.6) is 0 Å². The van der Waals surface area contributed by atoms with E-state index >= 15 is 0 Å². The van der Waals surface area contributed by atoms with Gasteiger partial charge in [-0.3, -0.25) is 4.79 Å². The van der Waals surface area contributed by atoms with E-state index in [1.165, 1.54) is 11.5 Å². The molecule has 0 N–H and O–H groups in total. The lowest BCUT2D eigenvalue weighted by atomic mass is 10.5. The molecule has 0 aliphatic rings. The molecule has 0 amide bonds. The average Bonchev–Trinajstić information content (AvgIpc) is 2.76.